The number of nitrogens with one attached hydrogen (secondary N) is 2. The third-order valence-corrected chi connectivity index (χ3v) is 2.77. The summed E-state index contributed by atoms with van der Waals surface area (Å²) in [6, 6.07) is 7.91. The highest BCUT2D eigenvalue weighted by molar-refractivity contribution is 5.85. The van der Waals surface area contributed by atoms with E-state index in [1.165, 1.54) is 0 Å². The minimum atomic E-state index is 0. The van der Waals surface area contributed by atoms with E-state index in [0.29, 0.717) is 19.6 Å². The Morgan fingerprint density at radius 1 is 1.25 bits per heavy atom. The van der Waals surface area contributed by atoms with Crippen LogP contribution in [0.3, 0.4) is 0 Å². The number of likely N-dealkylation sites (N-methyl/N-ethyl adjacent to an activating group) is 1. The van der Waals surface area contributed by atoms with Crippen LogP contribution in [0, 0.1) is 6.92 Å². The number of hydrogen-bond donors (Lipinski definition) is 2. The summed E-state index contributed by atoms with van der Waals surface area (Å²) in [7, 11) is 0. The second-order valence-electron chi connectivity index (χ2n) is 4.42. The number of benzene rings is 1. The van der Waals surface area contributed by atoms with Crippen molar-refractivity contribution in [3.63, 3.8) is 0 Å². The van der Waals surface area contributed by atoms with Crippen LogP contribution in [0.15, 0.2) is 24.3 Å². The highest BCUT2D eigenvalue weighted by Crippen LogP contribution is 2.16. The van der Waals surface area contributed by atoms with Gasteiger partial charge in [-0.2, -0.15) is 0 Å². The largest absolute Gasteiger partial charge is 0.493 e. The molecule has 4 nitrogen and oxygen atoms in total. The van der Waals surface area contributed by atoms with Crippen molar-refractivity contribution in [2.24, 2.45) is 0 Å². The van der Waals surface area contributed by atoms with E-state index in [4.69, 9.17) is 4.74 Å². The topological polar surface area (TPSA) is 50.4 Å². The van der Waals surface area contributed by atoms with Crippen molar-refractivity contribution in [1.82, 2.24) is 10.6 Å². The first-order valence-corrected chi connectivity index (χ1v) is 6.90. The molecule has 1 aromatic carbocycles. The molecule has 0 aromatic heterocycles. The van der Waals surface area contributed by atoms with Crippen LogP contribution in [0.1, 0.15) is 25.3 Å². The summed E-state index contributed by atoms with van der Waals surface area (Å²) in [5.74, 6) is 0.987. The molecule has 0 bridgehead atoms. The number of hydrogen-bond acceptors (Lipinski definition) is 3. The Bertz CT molecular complexity index is 386. The fourth-order valence-corrected chi connectivity index (χ4v) is 1.69. The Balaban J connectivity index is 0.00000361. The third-order valence-electron chi connectivity index (χ3n) is 2.77. The fraction of sp³-hybridized carbons (Fsp3) is 0.533. The van der Waals surface area contributed by atoms with E-state index in [1.807, 2.05) is 38.1 Å². The molecule has 0 atom stereocenters. The van der Waals surface area contributed by atoms with Gasteiger partial charge < -0.3 is 15.4 Å². The second-order valence-corrected chi connectivity index (χ2v) is 4.42. The summed E-state index contributed by atoms with van der Waals surface area (Å²) < 4.78 is 5.64. The molecule has 0 spiro atoms. The lowest BCUT2D eigenvalue weighted by Gasteiger charge is -2.09. The van der Waals surface area contributed by atoms with Crippen molar-refractivity contribution in [3.8, 4) is 5.75 Å². The van der Waals surface area contributed by atoms with Gasteiger partial charge in [-0.05, 0) is 31.5 Å². The van der Waals surface area contributed by atoms with Crippen LogP contribution in [-0.4, -0.2) is 32.1 Å². The highest BCUT2D eigenvalue weighted by Gasteiger charge is 2.01. The first-order valence-electron chi connectivity index (χ1n) is 6.90. The van der Waals surface area contributed by atoms with Gasteiger partial charge in [-0.25, -0.2) is 0 Å². The predicted molar refractivity (Wildman–Crippen MR) is 84.7 cm³/mol. The average Bonchev–Trinajstić information content (AvgIpc) is 2.41. The summed E-state index contributed by atoms with van der Waals surface area (Å²) >= 11 is 0. The van der Waals surface area contributed by atoms with Crippen LogP contribution >= 0.6 is 12.4 Å². The maximum absolute atomic E-state index is 11.5. The minimum absolute atomic E-state index is 0. The molecule has 0 aliphatic heterocycles. The van der Waals surface area contributed by atoms with Gasteiger partial charge in [0.15, 0.2) is 0 Å². The maximum atomic E-state index is 11.5. The quantitative estimate of drug-likeness (QED) is 0.688. The predicted octanol–water partition coefficient (Wildman–Crippen LogP) is 2.30. The Labute approximate surface area is 127 Å². The molecule has 0 aliphatic rings. The highest BCUT2D eigenvalue weighted by atomic mass is 35.5. The SMILES string of the molecule is CCNCCNC(=O)CCCOc1ccccc1C.Cl. The molecular weight excluding hydrogens is 276 g/mol. The Morgan fingerprint density at radius 3 is 2.70 bits per heavy atom. The van der Waals surface area contributed by atoms with Crippen molar-refractivity contribution in [3.05, 3.63) is 29.8 Å². The summed E-state index contributed by atoms with van der Waals surface area (Å²) in [5.41, 5.74) is 1.12. The summed E-state index contributed by atoms with van der Waals surface area (Å²) in [6.07, 6.45) is 1.25. The normalized spacial score (nSPS) is 9.70. The molecule has 1 aromatic rings. The zero-order valence-electron chi connectivity index (χ0n) is 12.3. The molecule has 0 radical (unpaired) electrons. The van der Waals surface area contributed by atoms with E-state index in [2.05, 4.69) is 10.6 Å². The molecule has 0 heterocycles. The number of carbonyl (C=O) groups is 1. The molecule has 0 unspecified atom stereocenters. The molecule has 0 saturated heterocycles. The van der Waals surface area contributed by atoms with Crippen LogP contribution < -0.4 is 15.4 Å². The minimum Gasteiger partial charge on any atom is -0.493 e. The van der Waals surface area contributed by atoms with Gasteiger partial charge in [-0.15, -0.1) is 12.4 Å². The molecule has 20 heavy (non-hydrogen) atoms. The molecule has 5 heteroatoms. The molecular formula is C15H25ClN2O2. The number of amides is 1. The number of aryl methyl sites for hydroxylation is 1. The van der Waals surface area contributed by atoms with Crippen LogP contribution in [0.2, 0.25) is 0 Å². The lowest BCUT2D eigenvalue weighted by Crippen LogP contribution is -2.31. The van der Waals surface area contributed by atoms with Gasteiger partial charge in [0.05, 0.1) is 6.61 Å². The number of para-hydroxylation sites is 1. The Kier molecular flexibility index (Phi) is 10.8. The van der Waals surface area contributed by atoms with Crippen molar-refractivity contribution in [2.45, 2.75) is 26.7 Å². The van der Waals surface area contributed by atoms with Gasteiger partial charge in [-0.3, -0.25) is 4.79 Å². The number of halogens is 1. The van der Waals surface area contributed by atoms with Gasteiger partial charge in [0.25, 0.3) is 0 Å². The molecule has 0 aliphatic carbocycles. The van der Waals surface area contributed by atoms with Gasteiger partial charge >= 0.3 is 0 Å². The standard InChI is InChI=1S/C15H24N2O2.ClH/c1-3-16-10-11-17-15(18)9-6-12-19-14-8-5-4-7-13(14)2;/h4-5,7-8,16H,3,6,9-12H2,1-2H3,(H,17,18);1H. The third kappa shape index (κ3) is 8.02. The smallest absolute Gasteiger partial charge is 0.220 e. The van der Waals surface area contributed by atoms with E-state index >= 15 is 0 Å². The Morgan fingerprint density at radius 2 is 2.00 bits per heavy atom. The lowest BCUT2D eigenvalue weighted by molar-refractivity contribution is -0.121. The zero-order valence-corrected chi connectivity index (χ0v) is 13.1. The Hall–Kier alpha value is -1.26. The van der Waals surface area contributed by atoms with Crippen molar-refractivity contribution >= 4 is 18.3 Å². The molecule has 1 amide bonds. The van der Waals surface area contributed by atoms with E-state index in [0.717, 1.165) is 30.8 Å². The van der Waals surface area contributed by atoms with E-state index in [-0.39, 0.29) is 18.3 Å². The van der Waals surface area contributed by atoms with Gasteiger partial charge in [0.2, 0.25) is 5.91 Å². The first-order chi connectivity index (χ1) is 9.24. The zero-order chi connectivity index (χ0) is 13.9. The first kappa shape index (κ1) is 18.7. The molecule has 0 saturated carbocycles. The van der Waals surface area contributed by atoms with E-state index < -0.39 is 0 Å². The van der Waals surface area contributed by atoms with Gasteiger partial charge in [0, 0.05) is 19.5 Å². The monoisotopic (exact) mass is 300 g/mol. The van der Waals surface area contributed by atoms with Crippen LogP contribution in [-0.2, 0) is 4.79 Å². The average molecular weight is 301 g/mol. The fourth-order valence-electron chi connectivity index (χ4n) is 1.69. The van der Waals surface area contributed by atoms with Crippen molar-refractivity contribution in [2.75, 3.05) is 26.2 Å². The number of rotatable bonds is 9. The summed E-state index contributed by atoms with van der Waals surface area (Å²) in [5, 5.41) is 6.03. The van der Waals surface area contributed by atoms with Crippen LogP contribution in [0.4, 0.5) is 0 Å². The van der Waals surface area contributed by atoms with Crippen LogP contribution in [0.25, 0.3) is 0 Å². The molecule has 114 valence electrons. The second kappa shape index (κ2) is 11.6. The summed E-state index contributed by atoms with van der Waals surface area (Å²) in [6.45, 7) is 7.08. The number of carbonyl (C=O) groups excluding carboxylic acids is 1. The summed E-state index contributed by atoms with van der Waals surface area (Å²) in [4.78, 5) is 11.5. The van der Waals surface area contributed by atoms with Crippen molar-refractivity contribution in [1.29, 1.82) is 0 Å². The van der Waals surface area contributed by atoms with E-state index in [1.54, 1.807) is 0 Å². The maximum Gasteiger partial charge on any atom is 0.220 e. The molecule has 0 fully saturated rings. The van der Waals surface area contributed by atoms with E-state index in [9.17, 15) is 4.79 Å². The molecule has 2 N–H and O–H groups in total. The van der Waals surface area contributed by atoms with Crippen molar-refractivity contribution < 1.29 is 9.53 Å². The van der Waals surface area contributed by atoms with Crippen LogP contribution in [0.5, 0.6) is 5.75 Å². The lowest BCUT2D eigenvalue weighted by atomic mass is 10.2. The van der Waals surface area contributed by atoms with Gasteiger partial charge in [0.1, 0.15) is 5.75 Å². The number of ether oxygens (including phenoxy) is 1. The molecule has 1 rings (SSSR count). The van der Waals surface area contributed by atoms with Gasteiger partial charge in [-0.1, -0.05) is 25.1 Å².